The Morgan fingerprint density at radius 2 is 1.40 bits per heavy atom. The first-order chi connectivity index (χ1) is 27.2. The lowest BCUT2D eigenvalue weighted by Crippen LogP contribution is -2.60. The molecular formula is C43H71N7O8. The number of hydrogen-bond donors (Lipinski definition) is 8. The highest BCUT2D eigenvalue weighted by atomic mass is 16.6. The van der Waals surface area contributed by atoms with Crippen LogP contribution in [-0.4, -0.2) is 98.4 Å². The standard InChI is InChI=1S/C43H71N7O8/c1-12-27(7)22-45-41(56)35(28(8)13-2)50-40(55)34(26(5)6)37(52)36(51)31(19-25(3)4)47-39(54)33(21-30-23-44-24-46-30)48-38(53)32(20-29-17-15-14-16-18-29)49-42(57)58-43(9,10)11/h14-18,23-28,31-37,51-52H,12-13,19-22H2,1-11H3,(H,44,46)(H,45,56)(H,47,54)(H,48,53)(H,49,57)(H,50,55)/t27-,28-,31-,32-,33-,34+,35-,36+,37+/m0/s1. The molecule has 2 aromatic rings. The Labute approximate surface area is 345 Å². The minimum Gasteiger partial charge on any atom is -0.444 e. The third kappa shape index (κ3) is 16.8. The maximum absolute atomic E-state index is 14.2. The number of imidazole rings is 1. The molecule has 0 unspecified atom stereocenters. The number of aromatic nitrogens is 2. The Hall–Kier alpha value is -4.50. The summed E-state index contributed by atoms with van der Waals surface area (Å²) >= 11 is 0. The van der Waals surface area contributed by atoms with Gasteiger partial charge in [0.1, 0.15) is 29.8 Å². The normalized spacial score (nSPS) is 16.5. The molecule has 0 saturated heterocycles. The van der Waals surface area contributed by atoms with Crippen LogP contribution in [0.25, 0.3) is 0 Å². The minimum atomic E-state index is -1.64. The van der Waals surface area contributed by atoms with E-state index < -0.39 is 77.6 Å². The second-order valence-corrected chi connectivity index (χ2v) is 17.4. The molecule has 1 heterocycles. The van der Waals surface area contributed by atoms with Gasteiger partial charge >= 0.3 is 6.09 Å². The Morgan fingerprint density at radius 3 is 1.93 bits per heavy atom. The van der Waals surface area contributed by atoms with Crippen molar-refractivity contribution >= 4 is 29.7 Å². The fraction of sp³-hybridized carbons (Fsp3) is 0.674. The van der Waals surface area contributed by atoms with E-state index in [-0.39, 0.29) is 42.9 Å². The summed E-state index contributed by atoms with van der Waals surface area (Å²) in [6.07, 6.45) is 0.668. The van der Waals surface area contributed by atoms with Gasteiger partial charge in [0.15, 0.2) is 0 Å². The van der Waals surface area contributed by atoms with E-state index in [0.717, 1.165) is 12.0 Å². The van der Waals surface area contributed by atoms with Crippen molar-refractivity contribution in [2.75, 3.05) is 6.54 Å². The highest BCUT2D eigenvalue weighted by molar-refractivity contribution is 5.92. The van der Waals surface area contributed by atoms with Crippen LogP contribution in [0.15, 0.2) is 42.9 Å². The largest absolute Gasteiger partial charge is 0.444 e. The van der Waals surface area contributed by atoms with Crippen LogP contribution in [-0.2, 0) is 36.8 Å². The topological polar surface area (TPSA) is 224 Å². The number of alkyl carbamates (subject to hydrolysis) is 1. The lowest BCUT2D eigenvalue weighted by molar-refractivity contribution is -0.141. The molecule has 58 heavy (non-hydrogen) atoms. The van der Waals surface area contributed by atoms with Crippen molar-refractivity contribution in [1.82, 2.24) is 36.6 Å². The summed E-state index contributed by atoms with van der Waals surface area (Å²) in [4.78, 5) is 75.3. The van der Waals surface area contributed by atoms with Crippen LogP contribution in [0.3, 0.4) is 0 Å². The van der Waals surface area contributed by atoms with Crippen LogP contribution in [0, 0.1) is 29.6 Å². The Morgan fingerprint density at radius 1 is 0.776 bits per heavy atom. The SMILES string of the molecule is CC[C@H](C)CNC(=O)[C@@H](NC(=O)[C@H](C(C)C)[C@@H](O)[C@H](O)[C@H](CC(C)C)NC(=O)[C@H](Cc1cnc[nH]1)NC(=O)[C@H](Cc1ccccc1)NC(=O)OC(C)(C)C)[C@@H](C)CC. The second kappa shape index (κ2) is 23.8. The summed E-state index contributed by atoms with van der Waals surface area (Å²) in [7, 11) is 0. The summed E-state index contributed by atoms with van der Waals surface area (Å²) < 4.78 is 5.44. The number of nitrogens with one attached hydrogen (secondary N) is 6. The van der Waals surface area contributed by atoms with Crippen molar-refractivity contribution in [1.29, 1.82) is 0 Å². The zero-order valence-corrected chi connectivity index (χ0v) is 36.4. The van der Waals surface area contributed by atoms with Gasteiger partial charge in [0.2, 0.25) is 23.6 Å². The molecule has 0 fully saturated rings. The Bertz CT molecular complexity index is 1560. The van der Waals surface area contributed by atoms with Gasteiger partial charge < -0.3 is 46.5 Å². The Balaban J connectivity index is 2.40. The monoisotopic (exact) mass is 814 g/mol. The van der Waals surface area contributed by atoms with E-state index in [1.54, 1.807) is 34.6 Å². The van der Waals surface area contributed by atoms with E-state index in [9.17, 15) is 34.2 Å². The molecule has 0 saturated carbocycles. The number of aliphatic hydroxyl groups is 2. The van der Waals surface area contributed by atoms with Gasteiger partial charge in [-0.15, -0.1) is 0 Å². The molecule has 15 heteroatoms. The first-order valence-corrected chi connectivity index (χ1v) is 20.7. The fourth-order valence-corrected chi connectivity index (χ4v) is 6.46. The average Bonchev–Trinajstić information content (AvgIpc) is 3.66. The van der Waals surface area contributed by atoms with Crippen molar-refractivity contribution in [3.05, 3.63) is 54.1 Å². The molecule has 0 aliphatic carbocycles. The van der Waals surface area contributed by atoms with Gasteiger partial charge in [0, 0.05) is 31.3 Å². The maximum atomic E-state index is 14.2. The number of nitrogens with zero attached hydrogens (tertiary/aromatic N) is 1. The van der Waals surface area contributed by atoms with Gasteiger partial charge in [-0.25, -0.2) is 9.78 Å². The summed E-state index contributed by atoms with van der Waals surface area (Å²) in [5.41, 5.74) is 0.458. The van der Waals surface area contributed by atoms with Crippen molar-refractivity contribution in [2.24, 2.45) is 29.6 Å². The summed E-state index contributed by atoms with van der Waals surface area (Å²) in [6.45, 7) is 20.7. The van der Waals surface area contributed by atoms with Gasteiger partial charge in [-0.2, -0.15) is 0 Å². The van der Waals surface area contributed by atoms with Gasteiger partial charge in [0.25, 0.3) is 0 Å². The molecular weight excluding hydrogens is 743 g/mol. The van der Waals surface area contributed by atoms with Crippen LogP contribution in [0.2, 0.25) is 0 Å². The quantitative estimate of drug-likeness (QED) is 0.0817. The number of carbonyl (C=O) groups is 5. The molecule has 9 atom stereocenters. The molecule has 0 aliphatic rings. The number of benzene rings is 1. The van der Waals surface area contributed by atoms with Crippen molar-refractivity contribution in [2.45, 2.75) is 150 Å². The summed E-state index contributed by atoms with van der Waals surface area (Å²) in [6, 6.07) is 4.81. The molecule has 8 N–H and O–H groups in total. The lowest BCUT2D eigenvalue weighted by Gasteiger charge is -2.36. The zero-order chi connectivity index (χ0) is 43.7. The molecule has 2 rings (SSSR count). The molecule has 0 spiro atoms. The maximum Gasteiger partial charge on any atom is 0.408 e. The van der Waals surface area contributed by atoms with Crippen LogP contribution < -0.4 is 26.6 Å². The molecule has 1 aromatic carbocycles. The molecule has 0 bridgehead atoms. The van der Waals surface area contributed by atoms with Gasteiger partial charge in [0.05, 0.1) is 24.4 Å². The van der Waals surface area contributed by atoms with Gasteiger partial charge in [-0.3, -0.25) is 19.2 Å². The van der Waals surface area contributed by atoms with Gasteiger partial charge in [-0.1, -0.05) is 98.6 Å². The third-order valence-electron chi connectivity index (χ3n) is 10.2. The number of H-pyrrole nitrogens is 1. The Kier molecular flexibility index (Phi) is 20.4. The molecule has 0 aliphatic heterocycles. The van der Waals surface area contributed by atoms with Crippen LogP contribution in [0.5, 0.6) is 0 Å². The highest BCUT2D eigenvalue weighted by Crippen LogP contribution is 2.24. The first-order valence-electron chi connectivity index (χ1n) is 20.7. The minimum absolute atomic E-state index is 0.0256. The van der Waals surface area contributed by atoms with E-state index >= 15 is 0 Å². The number of aliphatic hydroxyl groups excluding tert-OH is 2. The third-order valence-corrected chi connectivity index (χ3v) is 10.2. The lowest BCUT2D eigenvalue weighted by atomic mass is 9.82. The smallest absolute Gasteiger partial charge is 0.408 e. The molecule has 0 radical (unpaired) electrons. The number of carbonyl (C=O) groups excluding carboxylic acids is 5. The first kappa shape index (κ1) is 49.6. The van der Waals surface area contributed by atoms with Gasteiger partial charge in [-0.05, 0) is 56.4 Å². The van der Waals surface area contributed by atoms with E-state index in [2.05, 4.69) is 36.6 Å². The van der Waals surface area contributed by atoms with E-state index in [4.69, 9.17) is 4.74 Å². The van der Waals surface area contributed by atoms with Crippen molar-refractivity contribution < 1.29 is 38.9 Å². The van der Waals surface area contributed by atoms with Crippen molar-refractivity contribution in [3.63, 3.8) is 0 Å². The van der Waals surface area contributed by atoms with E-state index in [1.807, 2.05) is 71.9 Å². The predicted octanol–water partition coefficient (Wildman–Crippen LogP) is 3.79. The van der Waals surface area contributed by atoms with Crippen LogP contribution >= 0.6 is 0 Å². The summed E-state index contributed by atoms with van der Waals surface area (Å²) in [5, 5.41) is 37.6. The molecule has 1 aromatic heterocycles. The second-order valence-electron chi connectivity index (χ2n) is 17.4. The number of hydrogen-bond acceptors (Lipinski definition) is 9. The summed E-state index contributed by atoms with van der Waals surface area (Å²) in [5.74, 6) is -3.88. The number of aromatic amines is 1. The average molecular weight is 814 g/mol. The molecule has 15 nitrogen and oxygen atoms in total. The fourth-order valence-electron chi connectivity index (χ4n) is 6.46. The zero-order valence-electron chi connectivity index (χ0n) is 36.4. The number of rotatable bonds is 23. The van der Waals surface area contributed by atoms with Crippen LogP contribution in [0.4, 0.5) is 4.79 Å². The number of ether oxygens (including phenoxy) is 1. The van der Waals surface area contributed by atoms with E-state index in [0.29, 0.717) is 18.7 Å². The molecule has 326 valence electrons. The molecule has 5 amide bonds. The van der Waals surface area contributed by atoms with Crippen LogP contribution in [0.1, 0.15) is 107 Å². The predicted molar refractivity (Wildman–Crippen MR) is 223 cm³/mol. The van der Waals surface area contributed by atoms with Crippen molar-refractivity contribution in [3.8, 4) is 0 Å². The van der Waals surface area contributed by atoms with E-state index in [1.165, 1.54) is 12.5 Å². The number of amides is 5. The highest BCUT2D eigenvalue weighted by Gasteiger charge is 2.41.